The molecule has 0 saturated carbocycles. The number of hydrogen-bond acceptors (Lipinski definition) is 6. The first kappa shape index (κ1) is 15.1. The van der Waals surface area contributed by atoms with E-state index < -0.39 is 0 Å². The first-order valence-electron chi connectivity index (χ1n) is 6.95. The number of anilines is 5. The summed E-state index contributed by atoms with van der Waals surface area (Å²) in [4.78, 5) is 12.4. The topological polar surface area (TPSA) is 88.8 Å². The molecule has 0 spiro atoms. The monoisotopic (exact) mass is 326 g/mol. The van der Waals surface area contributed by atoms with Gasteiger partial charge in [-0.1, -0.05) is 17.7 Å². The van der Waals surface area contributed by atoms with Gasteiger partial charge in [0.15, 0.2) is 11.6 Å². The molecule has 3 rings (SSSR count). The number of hydrogen-bond donors (Lipinski definition) is 3. The smallest absolute Gasteiger partial charge is 0.159 e. The lowest BCUT2D eigenvalue weighted by Gasteiger charge is -2.14. The number of nitrogens with zero attached hydrogens (tertiary/aromatic N) is 3. The second kappa shape index (κ2) is 6.50. The molecule has 0 amide bonds. The molecule has 1 aromatic carbocycles. The van der Waals surface area contributed by atoms with E-state index >= 15 is 0 Å². The van der Waals surface area contributed by atoms with Gasteiger partial charge in [-0.25, -0.2) is 9.97 Å². The van der Waals surface area contributed by atoms with Crippen LogP contribution in [0.1, 0.15) is 5.56 Å². The summed E-state index contributed by atoms with van der Waals surface area (Å²) in [5.74, 6) is 1.04. The first-order valence-corrected chi connectivity index (χ1v) is 7.32. The molecule has 6 nitrogen and oxygen atoms in total. The number of benzene rings is 1. The van der Waals surface area contributed by atoms with Crippen LogP contribution in [-0.4, -0.2) is 15.0 Å². The second-order valence-electron chi connectivity index (χ2n) is 4.88. The largest absolute Gasteiger partial charge is 0.393 e. The van der Waals surface area contributed by atoms with Crippen molar-refractivity contribution in [2.75, 3.05) is 16.4 Å². The normalized spacial score (nSPS) is 10.3. The van der Waals surface area contributed by atoms with Gasteiger partial charge in [0.05, 0.1) is 0 Å². The molecule has 0 saturated heterocycles. The van der Waals surface area contributed by atoms with Gasteiger partial charge in [0, 0.05) is 28.8 Å². The van der Waals surface area contributed by atoms with Gasteiger partial charge in [0.25, 0.3) is 0 Å². The highest BCUT2D eigenvalue weighted by atomic mass is 35.5. The maximum Gasteiger partial charge on any atom is 0.159 e. The Bertz CT molecular complexity index is 822. The lowest BCUT2D eigenvalue weighted by atomic mass is 10.2. The standard InChI is InChI=1S/C16H15ClN6/c1-10-12(17)3-2-4-13(10)23-16-14(18)15(20-9-21-16)22-11-5-7-19-8-6-11/h2-9H,18H2,1H3,(H2,19,20,21,22,23). The Kier molecular flexibility index (Phi) is 4.25. The quantitative estimate of drug-likeness (QED) is 0.673. The lowest BCUT2D eigenvalue weighted by Crippen LogP contribution is -2.05. The SMILES string of the molecule is Cc1c(Cl)cccc1Nc1ncnc(Nc2ccncc2)c1N. The summed E-state index contributed by atoms with van der Waals surface area (Å²) < 4.78 is 0. The van der Waals surface area contributed by atoms with Crippen LogP contribution in [0.5, 0.6) is 0 Å². The van der Waals surface area contributed by atoms with E-state index in [2.05, 4.69) is 25.6 Å². The van der Waals surface area contributed by atoms with Gasteiger partial charge in [-0.2, -0.15) is 0 Å². The molecule has 4 N–H and O–H groups in total. The third kappa shape index (κ3) is 3.32. The molecule has 0 fully saturated rings. The molecule has 0 aliphatic rings. The first-order chi connectivity index (χ1) is 11.1. The Hall–Kier alpha value is -2.86. The molecule has 2 heterocycles. The average molecular weight is 327 g/mol. The van der Waals surface area contributed by atoms with Crippen LogP contribution in [0.3, 0.4) is 0 Å². The molecule has 7 heteroatoms. The van der Waals surface area contributed by atoms with Crippen molar-refractivity contribution in [2.24, 2.45) is 0 Å². The van der Waals surface area contributed by atoms with Crippen LogP contribution in [0.2, 0.25) is 5.02 Å². The van der Waals surface area contributed by atoms with E-state index in [1.54, 1.807) is 12.4 Å². The summed E-state index contributed by atoms with van der Waals surface area (Å²) in [5, 5.41) is 7.02. The number of nitrogen functional groups attached to an aromatic ring is 1. The van der Waals surface area contributed by atoms with Crippen LogP contribution in [-0.2, 0) is 0 Å². The van der Waals surface area contributed by atoms with Crippen LogP contribution >= 0.6 is 11.6 Å². The minimum atomic E-state index is 0.420. The van der Waals surface area contributed by atoms with Crippen molar-refractivity contribution in [3.8, 4) is 0 Å². The van der Waals surface area contributed by atoms with Crippen LogP contribution in [0.4, 0.5) is 28.7 Å². The third-order valence-electron chi connectivity index (χ3n) is 3.35. The van der Waals surface area contributed by atoms with Gasteiger partial charge in [0.2, 0.25) is 0 Å². The van der Waals surface area contributed by atoms with E-state index in [1.165, 1.54) is 6.33 Å². The highest BCUT2D eigenvalue weighted by molar-refractivity contribution is 6.31. The van der Waals surface area contributed by atoms with Gasteiger partial charge < -0.3 is 16.4 Å². The van der Waals surface area contributed by atoms with Crippen LogP contribution < -0.4 is 16.4 Å². The van der Waals surface area contributed by atoms with Crippen molar-refractivity contribution < 1.29 is 0 Å². The number of halogens is 1. The predicted octanol–water partition coefficient (Wildman–Crippen LogP) is 3.90. The van der Waals surface area contributed by atoms with Crippen LogP contribution in [0.25, 0.3) is 0 Å². The molecular weight excluding hydrogens is 312 g/mol. The maximum atomic E-state index is 6.17. The minimum Gasteiger partial charge on any atom is -0.393 e. The molecule has 0 atom stereocenters. The van der Waals surface area contributed by atoms with Crippen molar-refractivity contribution in [3.63, 3.8) is 0 Å². The second-order valence-corrected chi connectivity index (χ2v) is 5.29. The Balaban J connectivity index is 1.89. The van der Waals surface area contributed by atoms with Gasteiger partial charge in [-0.15, -0.1) is 0 Å². The Labute approximate surface area is 138 Å². The number of aromatic nitrogens is 3. The van der Waals surface area contributed by atoms with E-state index in [-0.39, 0.29) is 0 Å². The molecule has 2 aromatic heterocycles. The molecule has 0 aliphatic heterocycles. The van der Waals surface area contributed by atoms with E-state index in [0.29, 0.717) is 22.3 Å². The third-order valence-corrected chi connectivity index (χ3v) is 3.76. The zero-order chi connectivity index (χ0) is 16.2. The van der Waals surface area contributed by atoms with Gasteiger partial charge in [-0.05, 0) is 36.8 Å². The summed E-state index contributed by atoms with van der Waals surface area (Å²) in [6.45, 7) is 1.93. The van der Waals surface area contributed by atoms with Gasteiger partial charge >= 0.3 is 0 Å². The number of rotatable bonds is 4. The summed E-state index contributed by atoms with van der Waals surface area (Å²) in [7, 11) is 0. The predicted molar refractivity (Wildman–Crippen MR) is 93.4 cm³/mol. The lowest BCUT2D eigenvalue weighted by molar-refractivity contribution is 1.17. The summed E-state index contributed by atoms with van der Waals surface area (Å²) in [6.07, 6.45) is 4.82. The Morgan fingerprint density at radius 3 is 2.43 bits per heavy atom. The molecule has 23 heavy (non-hydrogen) atoms. The highest BCUT2D eigenvalue weighted by Gasteiger charge is 2.10. The fraction of sp³-hybridized carbons (Fsp3) is 0.0625. The van der Waals surface area contributed by atoms with Gasteiger partial charge in [-0.3, -0.25) is 4.98 Å². The van der Waals surface area contributed by atoms with Crippen molar-refractivity contribution in [3.05, 3.63) is 59.6 Å². The van der Waals surface area contributed by atoms with Crippen LogP contribution in [0.15, 0.2) is 49.1 Å². The minimum absolute atomic E-state index is 0.420. The summed E-state index contributed by atoms with van der Waals surface area (Å²) >= 11 is 6.14. The van der Waals surface area contributed by atoms with E-state index in [1.807, 2.05) is 37.3 Å². The number of nitrogens with two attached hydrogens (primary N) is 1. The molecule has 0 aliphatic carbocycles. The molecule has 0 bridgehead atoms. The molecule has 0 radical (unpaired) electrons. The van der Waals surface area contributed by atoms with E-state index in [0.717, 1.165) is 16.9 Å². The highest BCUT2D eigenvalue weighted by Crippen LogP contribution is 2.30. The van der Waals surface area contributed by atoms with Crippen molar-refractivity contribution in [1.29, 1.82) is 0 Å². The van der Waals surface area contributed by atoms with Crippen molar-refractivity contribution in [1.82, 2.24) is 15.0 Å². The number of pyridine rings is 1. The van der Waals surface area contributed by atoms with Crippen molar-refractivity contribution in [2.45, 2.75) is 6.92 Å². The van der Waals surface area contributed by atoms with E-state index in [4.69, 9.17) is 17.3 Å². The summed E-state index contributed by atoms with van der Waals surface area (Å²) in [6, 6.07) is 9.28. The van der Waals surface area contributed by atoms with Gasteiger partial charge in [0.1, 0.15) is 12.0 Å². The molecule has 0 unspecified atom stereocenters. The molecular formula is C16H15ClN6. The molecule has 116 valence electrons. The van der Waals surface area contributed by atoms with Crippen molar-refractivity contribution >= 4 is 40.3 Å². The Morgan fingerprint density at radius 1 is 1.00 bits per heavy atom. The fourth-order valence-corrected chi connectivity index (χ4v) is 2.21. The maximum absolute atomic E-state index is 6.17. The zero-order valence-electron chi connectivity index (χ0n) is 12.4. The van der Waals surface area contributed by atoms with Crippen LogP contribution in [0, 0.1) is 6.92 Å². The van der Waals surface area contributed by atoms with E-state index in [9.17, 15) is 0 Å². The zero-order valence-corrected chi connectivity index (χ0v) is 13.2. The fourth-order valence-electron chi connectivity index (χ4n) is 2.04. The Morgan fingerprint density at radius 2 is 1.70 bits per heavy atom. The number of nitrogens with one attached hydrogen (secondary N) is 2. The average Bonchev–Trinajstić information content (AvgIpc) is 2.56. The summed E-state index contributed by atoms with van der Waals surface area (Å²) in [5.41, 5.74) is 9.20. The molecule has 3 aromatic rings.